The zero-order valence-corrected chi connectivity index (χ0v) is 12.6. The molecule has 2 atom stereocenters. The molecule has 1 amide bonds. The highest BCUT2D eigenvalue weighted by Crippen LogP contribution is 2.16. The number of carbonyl (C=O) groups is 1. The lowest BCUT2D eigenvalue weighted by Gasteiger charge is -2.23. The van der Waals surface area contributed by atoms with Gasteiger partial charge < -0.3 is 15.7 Å². The average molecular weight is 331 g/mol. The van der Waals surface area contributed by atoms with Crippen molar-refractivity contribution < 1.29 is 23.1 Å². The predicted octanol–water partition coefficient (Wildman–Crippen LogP) is 0.504. The van der Waals surface area contributed by atoms with Gasteiger partial charge in [-0.2, -0.15) is 0 Å². The van der Waals surface area contributed by atoms with Crippen LogP contribution < -0.4 is 11.1 Å². The minimum absolute atomic E-state index is 0.0643. The first-order valence-corrected chi connectivity index (χ1v) is 7.45. The molecule has 1 aliphatic heterocycles. The van der Waals surface area contributed by atoms with Crippen LogP contribution in [0, 0.1) is 17.5 Å². The van der Waals surface area contributed by atoms with Gasteiger partial charge in [0.2, 0.25) is 5.91 Å². The second kappa shape index (κ2) is 7.76. The van der Waals surface area contributed by atoms with Crippen LogP contribution >= 0.6 is 0 Å². The Kier molecular flexibility index (Phi) is 5.97. The van der Waals surface area contributed by atoms with Gasteiger partial charge >= 0.3 is 0 Å². The van der Waals surface area contributed by atoms with Gasteiger partial charge in [0.25, 0.3) is 0 Å². The van der Waals surface area contributed by atoms with Crippen molar-refractivity contribution in [2.75, 3.05) is 19.6 Å². The van der Waals surface area contributed by atoms with E-state index in [1.807, 2.05) is 0 Å². The number of rotatable bonds is 4. The van der Waals surface area contributed by atoms with Crippen LogP contribution in [0.2, 0.25) is 0 Å². The lowest BCUT2D eigenvalue weighted by atomic mass is 10.0. The number of hydrogen-bond donors (Lipinski definition) is 3. The van der Waals surface area contributed by atoms with Crippen LogP contribution in [0.25, 0.3) is 0 Å². The molecule has 0 aliphatic carbocycles. The Labute approximate surface area is 132 Å². The summed E-state index contributed by atoms with van der Waals surface area (Å²) in [6.07, 6.45) is -0.231. The molecule has 0 radical (unpaired) electrons. The van der Waals surface area contributed by atoms with E-state index in [1.54, 1.807) is 0 Å². The van der Waals surface area contributed by atoms with E-state index in [2.05, 4.69) is 5.32 Å². The monoisotopic (exact) mass is 331 g/mol. The van der Waals surface area contributed by atoms with E-state index >= 15 is 0 Å². The van der Waals surface area contributed by atoms with E-state index in [1.165, 1.54) is 4.90 Å². The number of benzene rings is 1. The van der Waals surface area contributed by atoms with E-state index in [0.29, 0.717) is 25.6 Å². The molecule has 23 heavy (non-hydrogen) atoms. The van der Waals surface area contributed by atoms with Crippen LogP contribution in [-0.4, -0.2) is 47.8 Å². The Hall–Kier alpha value is -1.64. The first-order chi connectivity index (χ1) is 10.9. The van der Waals surface area contributed by atoms with Gasteiger partial charge in [-0.3, -0.25) is 10.1 Å². The van der Waals surface area contributed by atoms with Crippen LogP contribution in [0.4, 0.5) is 13.2 Å². The normalized spacial score (nSPS) is 20.2. The second-order valence-corrected chi connectivity index (χ2v) is 5.69. The second-order valence-electron chi connectivity index (χ2n) is 5.69. The maximum Gasteiger partial charge on any atom is 0.224 e. The Morgan fingerprint density at radius 2 is 2.04 bits per heavy atom. The van der Waals surface area contributed by atoms with Crippen molar-refractivity contribution in [3.8, 4) is 0 Å². The maximum absolute atomic E-state index is 13.6. The van der Waals surface area contributed by atoms with E-state index in [-0.39, 0.29) is 30.9 Å². The highest BCUT2D eigenvalue weighted by Gasteiger charge is 2.22. The molecule has 2 rings (SSSR count). The highest BCUT2D eigenvalue weighted by atomic mass is 19.2. The minimum atomic E-state index is -1.26. The number of β-amino-alcohol motifs (C(OH)–C–C–N with tert-alkyl or cyclic N) is 1. The van der Waals surface area contributed by atoms with E-state index in [0.717, 1.165) is 6.07 Å². The molecule has 0 bridgehead atoms. The largest absolute Gasteiger partial charge is 0.377 e. The fourth-order valence-electron chi connectivity index (χ4n) is 2.56. The molecule has 1 fully saturated rings. The summed E-state index contributed by atoms with van der Waals surface area (Å²) in [7, 11) is 0. The van der Waals surface area contributed by atoms with Crippen LogP contribution in [0.3, 0.4) is 0 Å². The molecule has 1 aromatic rings. The number of nitrogens with zero attached hydrogens (tertiary/aromatic N) is 1. The number of nitrogens with two attached hydrogens (primary N) is 1. The Morgan fingerprint density at radius 3 is 2.78 bits per heavy atom. The molecule has 1 saturated heterocycles. The standard InChI is InChI=1S/C15H20F3N3O2/c16-11-7-13(18)12(17)5-9(11)4-10(19)6-15(23)21-3-1-2-20-14(22)8-21/h5,7,10,14,20,22H,1-4,6,8,19H2/t10-,14?/m1/s1. The van der Waals surface area contributed by atoms with E-state index in [9.17, 15) is 23.1 Å². The van der Waals surface area contributed by atoms with Gasteiger partial charge in [0, 0.05) is 25.1 Å². The summed E-state index contributed by atoms with van der Waals surface area (Å²) in [6, 6.07) is 0.500. The third kappa shape index (κ3) is 4.92. The average Bonchev–Trinajstić information content (AvgIpc) is 2.69. The molecule has 0 spiro atoms. The van der Waals surface area contributed by atoms with Crippen LogP contribution in [0.5, 0.6) is 0 Å². The van der Waals surface area contributed by atoms with Crippen molar-refractivity contribution >= 4 is 5.91 Å². The summed E-state index contributed by atoms with van der Waals surface area (Å²) in [4.78, 5) is 13.7. The molecule has 5 nitrogen and oxygen atoms in total. The van der Waals surface area contributed by atoms with Gasteiger partial charge in [0.05, 0.1) is 6.54 Å². The highest BCUT2D eigenvalue weighted by molar-refractivity contribution is 5.77. The van der Waals surface area contributed by atoms with E-state index < -0.39 is 29.7 Å². The summed E-state index contributed by atoms with van der Waals surface area (Å²) in [5.74, 6) is -3.56. The lowest BCUT2D eigenvalue weighted by molar-refractivity contribution is -0.132. The maximum atomic E-state index is 13.6. The van der Waals surface area contributed by atoms with Crippen molar-refractivity contribution in [1.82, 2.24) is 10.2 Å². The topological polar surface area (TPSA) is 78.6 Å². The Balaban J connectivity index is 1.95. The molecule has 128 valence electrons. The first kappa shape index (κ1) is 17.7. The number of aliphatic hydroxyl groups excluding tert-OH is 1. The molecule has 8 heteroatoms. The zero-order valence-electron chi connectivity index (χ0n) is 12.6. The number of aliphatic hydroxyl groups is 1. The van der Waals surface area contributed by atoms with Crippen LogP contribution in [-0.2, 0) is 11.2 Å². The van der Waals surface area contributed by atoms with Gasteiger partial charge in [-0.25, -0.2) is 13.2 Å². The molecule has 1 heterocycles. The van der Waals surface area contributed by atoms with Gasteiger partial charge in [-0.15, -0.1) is 0 Å². The summed E-state index contributed by atoms with van der Waals surface area (Å²) in [6.45, 7) is 1.26. The van der Waals surface area contributed by atoms with Gasteiger partial charge in [0.15, 0.2) is 11.6 Å². The van der Waals surface area contributed by atoms with Crippen LogP contribution in [0.15, 0.2) is 12.1 Å². The van der Waals surface area contributed by atoms with Crippen molar-refractivity contribution in [3.63, 3.8) is 0 Å². The molecule has 0 aromatic heterocycles. The number of amides is 1. The molecule has 1 unspecified atom stereocenters. The molecule has 4 N–H and O–H groups in total. The van der Waals surface area contributed by atoms with Crippen molar-refractivity contribution in [1.29, 1.82) is 0 Å². The SMILES string of the molecule is N[C@@H](CC(=O)N1CCCNC(O)C1)Cc1cc(F)c(F)cc1F. The number of hydrogen-bond acceptors (Lipinski definition) is 4. The number of halogens is 3. The Bertz CT molecular complexity index is 571. The predicted molar refractivity (Wildman–Crippen MR) is 77.8 cm³/mol. The van der Waals surface area contributed by atoms with Gasteiger partial charge in [0.1, 0.15) is 12.0 Å². The Morgan fingerprint density at radius 1 is 1.35 bits per heavy atom. The summed E-state index contributed by atoms with van der Waals surface area (Å²) in [5.41, 5.74) is 5.77. The molecular formula is C15H20F3N3O2. The van der Waals surface area contributed by atoms with Crippen molar-refractivity contribution in [3.05, 3.63) is 35.1 Å². The molecular weight excluding hydrogens is 311 g/mol. The van der Waals surface area contributed by atoms with Gasteiger partial charge in [-0.1, -0.05) is 0 Å². The summed E-state index contributed by atoms with van der Waals surface area (Å²) >= 11 is 0. The molecule has 1 aliphatic rings. The first-order valence-electron chi connectivity index (χ1n) is 7.45. The van der Waals surface area contributed by atoms with Crippen molar-refractivity contribution in [2.45, 2.75) is 31.5 Å². The number of nitrogens with one attached hydrogen (secondary N) is 1. The summed E-state index contributed by atoms with van der Waals surface area (Å²) in [5, 5.41) is 12.5. The minimum Gasteiger partial charge on any atom is -0.377 e. The van der Waals surface area contributed by atoms with Crippen molar-refractivity contribution in [2.24, 2.45) is 5.73 Å². The summed E-state index contributed by atoms with van der Waals surface area (Å²) < 4.78 is 39.6. The molecule has 1 aromatic carbocycles. The zero-order chi connectivity index (χ0) is 17.0. The van der Waals surface area contributed by atoms with Crippen LogP contribution in [0.1, 0.15) is 18.4 Å². The third-order valence-corrected chi connectivity index (χ3v) is 3.74. The van der Waals surface area contributed by atoms with Gasteiger partial charge in [-0.05, 0) is 31.0 Å². The fourth-order valence-corrected chi connectivity index (χ4v) is 2.56. The number of carbonyl (C=O) groups excluding carboxylic acids is 1. The molecule has 0 saturated carbocycles. The lowest BCUT2D eigenvalue weighted by Crippen LogP contribution is -2.42. The third-order valence-electron chi connectivity index (χ3n) is 3.74. The smallest absolute Gasteiger partial charge is 0.224 e. The quantitative estimate of drug-likeness (QED) is 0.702. The fraction of sp³-hybridized carbons (Fsp3) is 0.533. The van der Waals surface area contributed by atoms with E-state index in [4.69, 9.17) is 5.73 Å².